The van der Waals surface area contributed by atoms with Crippen LogP contribution in [-0.2, 0) is 4.74 Å². The van der Waals surface area contributed by atoms with Gasteiger partial charge >= 0.3 is 6.09 Å². The Balaban J connectivity index is 1.58. The van der Waals surface area contributed by atoms with Crippen LogP contribution in [0.3, 0.4) is 0 Å². The van der Waals surface area contributed by atoms with Gasteiger partial charge in [0.2, 0.25) is 0 Å². The van der Waals surface area contributed by atoms with E-state index in [-0.39, 0.29) is 12.1 Å². The van der Waals surface area contributed by atoms with Crippen molar-refractivity contribution in [1.29, 1.82) is 0 Å². The number of piperidine rings is 1. The van der Waals surface area contributed by atoms with Crippen LogP contribution in [0.1, 0.15) is 19.8 Å². The van der Waals surface area contributed by atoms with E-state index in [1.54, 1.807) is 12.0 Å². The summed E-state index contributed by atoms with van der Waals surface area (Å²) >= 11 is 0. The van der Waals surface area contributed by atoms with Gasteiger partial charge in [-0.1, -0.05) is 12.1 Å². The lowest BCUT2D eigenvalue weighted by Gasteiger charge is -2.31. The van der Waals surface area contributed by atoms with Crippen molar-refractivity contribution in [2.24, 2.45) is 0 Å². The van der Waals surface area contributed by atoms with Crippen LogP contribution in [-0.4, -0.2) is 53.8 Å². The van der Waals surface area contributed by atoms with E-state index < -0.39 is 0 Å². The lowest BCUT2D eigenvalue weighted by atomic mass is 10.1. The van der Waals surface area contributed by atoms with E-state index in [9.17, 15) is 4.79 Å². The number of hydrogen-bond donors (Lipinski definition) is 2. The molecule has 1 aromatic heterocycles. The highest BCUT2D eigenvalue weighted by atomic mass is 16.6. The fourth-order valence-corrected chi connectivity index (χ4v) is 3.02. The van der Waals surface area contributed by atoms with Crippen molar-refractivity contribution in [1.82, 2.24) is 14.9 Å². The molecule has 0 atom stereocenters. The lowest BCUT2D eigenvalue weighted by molar-refractivity contribution is 0.0983. The average molecular weight is 371 g/mol. The van der Waals surface area contributed by atoms with Gasteiger partial charge in [-0.05, 0) is 31.9 Å². The number of anilines is 3. The summed E-state index contributed by atoms with van der Waals surface area (Å²) in [5.41, 5.74) is 0.840. The summed E-state index contributed by atoms with van der Waals surface area (Å²) in [6.07, 6.45) is 2.98. The minimum atomic E-state index is -0.235. The number of methoxy groups -OCH3 is 1. The van der Waals surface area contributed by atoms with Crippen LogP contribution in [0.2, 0.25) is 0 Å². The second kappa shape index (κ2) is 9.07. The monoisotopic (exact) mass is 371 g/mol. The van der Waals surface area contributed by atoms with Crippen molar-refractivity contribution in [2.45, 2.75) is 25.8 Å². The molecule has 8 heteroatoms. The third kappa shape index (κ3) is 4.99. The molecule has 1 aromatic carbocycles. The largest absolute Gasteiger partial charge is 0.495 e. The molecule has 1 fully saturated rings. The molecule has 0 bridgehead atoms. The number of carbonyl (C=O) groups excluding carboxylic acids is 1. The Hall–Kier alpha value is -3.03. The fraction of sp³-hybridized carbons (Fsp3) is 0.421. The molecule has 1 saturated heterocycles. The van der Waals surface area contributed by atoms with E-state index in [1.165, 1.54) is 6.33 Å². The maximum atomic E-state index is 11.8. The van der Waals surface area contributed by atoms with Gasteiger partial charge in [0.15, 0.2) is 0 Å². The number of amides is 1. The summed E-state index contributed by atoms with van der Waals surface area (Å²) in [6, 6.07) is 9.79. The van der Waals surface area contributed by atoms with Crippen LogP contribution in [0.5, 0.6) is 5.75 Å². The minimum absolute atomic E-state index is 0.235. The molecule has 0 spiro atoms. The number of para-hydroxylation sites is 2. The predicted molar refractivity (Wildman–Crippen MR) is 104 cm³/mol. The second-order valence-electron chi connectivity index (χ2n) is 6.22. The Labute approximate surface area is 158 Å². The van der Waals surface area contributed by atoms with E-state index in [1.807, 2.05) is 37.3 Å². The van der Waals surface area contributed by atoms with Crippen molar-refractivity contribution >= 4 is 23.4 Å². The van der Waals surface area contributed by atoms with E-state index >= 15 is 0 Å². The van der Waals surface area contributed by atoms with Crippen LogP contribution < -0.4 is 15.4 Å². The van der Waals surface area contributed by atoms with Gasteiger partial charge in [-0.3, -0.25) is 0 Å². The summed E-state index contributed by atoms with van der Waals surface area (Å²) in [5.74, 6) is 2.18. The molecule has 0 unspecified atom stereocenters. The molecular formula is C19H25N5O3. The molecule has 0 saturated carbocycles. The number of benzene rings is 1. The Kier molecular flexibility index (Phi) is 6.30. The van der Waals surface area contributed by atoms with Crippen LogP contribution in [0.25, 0.3) is 0 Å². The molecule has 0 aliphatic carbocycles. The number of likely N-dealkylation sites (tertiary alicyclic amines) is 1. The molecule has 2 heterocycles. The Bertz CT molecular complexity index is 763. The van der Waals surface area contributed by atoms with Gasteiger partial charge in [0.25, 0.3) is 0 Å². The third-order valence-electron chi connectivity index (χ3n) is 4.41. The molecule has 1 amide bonds. The maximum absolute atomic E-state index is 11.8. The molecule has 8 nitrogen and oxygen atoms in total. The normalized spacial score (nSPS) is 14.5. The van der Waals surface area contributed by atoms with Crippen molar-refractivity contribution in [3.63, 3.8) is 0 Å². The van der Waals surface area contributed by atoms with Crippen molar-refractivity contribution in [3.05, 3.63) is 36.7 Å². The number of hydrogen-bond acceptors (Lipinski definition) is 7. The third-order valence-corrected chi connectivity index (χ3v) is 4.41. The number of nitrogens with zero attached hydrogens (tertiary/aromatic N) is 3. The topological polar surface area (TPSA) is 88.6 Å². The predicted octanol–water partition coefficient (Wildman–Crippen LogP) is 3.26. The Morgan fingerprint density at radius 1 is 1.22 bits per heavy atom. The van der Waals surface area contributed by atoms with Gasteiger partial charge < -0.3 is 25.0 Å². The highest BCUT2D eigenvalue weighted by molar-refractivity contribution is 5.68. The van der Waals surface area contributed by atoms with Gasteiger partial charge in [0, 0.05) is 25.2 Å². The summed E-state index contributed by atoms with van der Waals surface area (Å²) in [5, 5.41) is 6.68. The van der Waals surface area contributed by atoms with Crippen LogP contribution in [0.15, 0.2) is 36.7 Å². The zero-order valence-electron chi connectivity index (χ0n) is 15.6. The molecular weight excluding hydrogens is 346 g/mol. The summed E-state index contributed by atoms with van der Waals surface area (Å²) < 4.78 is 10.4. The zero-order chi connectivity index (χ0) is 19.1. The first-order valence-electron chi connectivity index (χ1n) is 9.10. The highest BCUT2D eigenvalue weighted by Crippen LogP contribution is 2.27. The highest BCUT2D eigenvalue weighted by Gasteiger charge is 2.23. The van der Waals surface area contributed by atoms with E-state index in [2.05, 4.69) is 20.6 Å². The Morgan fingerprint density at radius 2 is 1.96 bits per heavy atom. The van der Waals surface area contributed by atoms with Crippen LogP contribution >= 0.6 is 0 Å². The molecule has 2 aromatic rings. The van der Waals surface area contributed by atoms with Crippen LogP contribution in [0, 0.1) is 0 Å². The average Bonchev–Trinajstić information content (AvgIpc) is 2.69. The SMILES string of the molecule is CCOC(=O)N1CCC(Nc2cc(Nc3ccccc3OC)ncn2)CC1. The van der Waals surface area contributed by atoms with Gasteiger partial charge in [-0.2, -0.15) is 0 Å². The molecule has 27 heavy (non-hydrogen) atoms. The van der Waals surface area contributed by atoms with Crippen molar-refractivity contribution < 1.29 is 14.3 Å². The standard InChI is InChI=1S/C19H25N5O3/c1-3-27-19(25)24-10-8-14(9-11-24)22-17-12-18(21-13-20-17)23-15-6-4-5-7-16(15)26-2/h4-7,12-14H,3,8-11H2,1-2H3,(H2,20,21,22,23). The van der Waals surface area contributed by atoms with Gasteiger partial charge in [-0.25, -0.2) is 14.8 Å². The maximum Gasteiger partial charge on any atom is 0.409 e. The second-order valence-corrected chi connectivity index (χ2v) is 6.22. The first-order valence-corrected chi connectivity index (χ1v) is 9.10. The smallest absolute Gasteiger partial charge is 0.409 e. The first kappa shape index (κ1) is 18.8. The first-order chi connectivity index (χ1) is 13.2. The number of aromatic nitrogens is 2. The lowest BCUT2D eigenvalue weighted by Crippen LogP contribution is -2.42. The molecule has 2 N–H and O–H groups in total. The van der Waals surface area contributed by atoms with Crippen molar-refractivity contribution in [2.75, 3.05) is 37.4 Å². The summed E-state index contributed by atoms with van der Waals surface area (Å²) in [6.45, 7) is 3.57. The molecule has 1 aliphatic rings. The summed E-state index contributed by atoms with van der Waals surface area (Å²) in [4.78, 5) is 22.1. The van der Waals surface area contributed by atoms with Crippen LogP contribution in [0.4, 0.5) is 22.1 Å². The quantitative estimate of drug-likeness (QED) is 0.806. The van der Waals surface area contributed by atoms with E-state index in [4.69, 9.17) is 9.47 Å². The number of carbonyl (C=O) groups is 1. The van der Waals surface area contributed by atoms with Crippen molar-refractivity contribution in [3.8, 4) is 5.75 Å². The summed E-state index contributed by atoms with van der Waals surface area (Å²) in [7, 11) is 1.64. The Morgan fingerprint density at radius 3 is 2.70 bits per heavy atom. The molecule has 144 valence electrons. The minimum Gasteiger partial charge on any atom is -0.495 e. The van der Waals surface area contributed by atoms with E-state index in [0.717, 1.165) is 30.1 Å². The number of nitrogens with one attached hydrogen (secondary N) is 2. The number of ether oxygens (including phenoxy) is 2. The van der Waals surface area contributed by atoms with E-state index in [0.29, 0.717) is 25.5 Å². The van der Waals surface area contributed by atoms with Gasteiger partial charge in [0.05, 0.1) is 19.4 Å². The van der Waals surface area contributed by atoms with Gasteiger partial charge in [0.1, 0.15) is 23.7 Å². The molecule has 1 aliphatic heterocycles. The molecule has 3 rings (SSSR count). The molecule has 0 radical (unpaired) electrons. The zero-order valence-corrected chi connectivity index (χ0v) is 15.6. The van der Waals surface area contributed by atoms with Gasteiger partial charge in [-0.15, -0.1) is 0 Å². The fourth-order valence-electron chi connectivity index (χ4n) is 3.02. The number of rotatable bonds is 6.